The molecule has 0 aliphatic heterocycles. The molecule has 0 radical (unpaired) electrons. The summed E-state index contributed by atoms with van der Waals surface area (Å²) >= 11 is 0. The fraction of sp³-hybridized carbons (Fsp3) is 0.286. The van der Waals surface area contributed by atoms with Gasteiger partial charge in [0, 0.05) is 17.8 Å². The molecule has 0 bridgehead atoms. The normalized spacial score (nSPS) is 12.0. The van der Waals surface area contributed by atoms with E-state index in [9.17, 15) is 0 Å². The lowest BCUT2D eigenvalue weighted by Gasteiger charge is -2.17. The lowest BCUT2D eigenvalue weighted by Crippen LogP contribution is -2.14. The molecule has 5 heteroatoms. The number of hydrazine groups is 1. The Hall–Kier alpha value is -2.14. The van der Waals surface area contributed by atoms with Gasteiger partial charge in [-0.2, -0.15) is 4.98 Å². The molecule has 1 unspecified atom stereocenters. The third kappa shape index (κ3) is 3.20. The van der Waals surface area contributed by atoms with Gasteiger partial charge in [-0.05, 0) is 26.3 Å². The molecule has 2 aromatic rings. The van der Waals surface area contributed by atoms with Gasteiger partial charge in [0.15, 0.2) is 0 Å². The highest BCUT2D eigenvalue weighted by molar-refractivity contribution is 5.47. The van der Waals surface area contributed by atoms with Crippen molar-refractivity contribution >= 4 is 11.8 Å². The van der Waals surface area contributed by atoms with E-state index in [1.165, 1.54) is 11.1 Å². The van der Waals surface area contributed by atoms with Crippen LogP contribution < -0.4 is 16.6 Å². The van der Waals surface area contributed by atoms with Crippen molar-refractivity contribution in [3.05, 3.63) is 47.2 Å². The van der Waals surface area contributed by atoms with Gasteiger partial charge >= 0.3 is 0 Å². The number of benzene rings is 1. The smallest absolute Gasteiger partial charge is 0.239 e. The maximum atomic E-state index is 5.32. The number of hydrogen-bond donors (Lipinski definition) is 3. The Morgan fingerprint density at radius 2 is 1.84 bits per heavy atom. The number of nitrogens with zero attached hydrogens (tertiary/aromatic N) is 2. The summed E-state index contributed by atoms with van der Waals surface area (Å²) in [5.74, 6) is 6.52. The number of aromatic nitrogens is 2. The van der Waals surface area contributed by atoms with Crippen LogP contribution in [-0.2, 0) is 0 Å². The Balaban J connectivity index is 2.18. The summed E-state index contributed by atoms with van der Waals surface area (Å²) < 4.78 is 0. The van der Waals surface area contributed by atoms with E-state index >= 15 is 0 Å². The summed E-state index contributed by atoms with van der Waals surface area (Å²) in [5.41, 5.74) is 5.90. The first kappa shape index (κ1) is 13.3. The fourth-order valence-electron chi connectivity index (χ4n) is 1.80. The first-order valence-electron chi connectivity index (χ1n) is 6.23. The molecule has 1 aromatic carbocycles. The van der Waals surface area contributed by atoms with Crippen molar-refractivity contribution in [3.63, 3.8) is 0 Å². The number of nitrogens with one attached hydrogen (secondary N) is 2. The van der Waals surface area contributed by atoms with E-state index in [1.54, 1.807) is 6.20 Å². The summed E-state index contributed by atoms with van der Waals surface area (Å²) in [6, 6.07) is 8.61. The van der Waals surface area contributed by atoms with Crippen molar-refractivity contribution < 1.29 is 0 Å². The number of rotatable bonds is 4. The largest absolute Gasteiger partial charge is 0.363 e. The lowest BCUT2D eigenvalue weighted by molar-refractivity contribution is 0.867. The molecule has 100 valence electrons. The van der Waals surface area contributed by atoms with E-state index in [2.05, 4.69) is 58.8 Å². The van der Waals surface area contributed by atoms with Gasteiger partial charge < -0.3 is 5.32 Å². The first-order chi connectivity index (χ1) is 9.10. The van der Waals surface area contributed by atoms with E-state index in [-0.39, 0.29) is 6.04 Å². The van der Waals surface area contributed by atoms with Crippen LogP contribution in [0, 0.1) is 13.8 Å². The zero-order valence-corrected chi connectivity index (χ0v) is 11.4. The van der Waals surface area contributed by atoms with Crippen LogP contribution in [0.4, 0.5) is 11.8 Å². The van der Waals surface area contributed by atoms with E-state index < -0.39 is 0 Å². The minimum absolute atomic E-state index is 0.167. The molecule has 0 amide bonds. The summed E-state index contributed by atoms with van der Waals surface area (Å²) in [6.45, 7) is 6.14. The molecule has 0 spiro atoms. The first-order valence-corrected chi connectivity index (χ1v) is 6.23. The van der Waals surface area contributed by atoms with E-state index in [0.717, 1.165) is 11.4 Å². The summed E-state index contributed by atoms with van der Waals surface area (Å²) in [7, 11) is 0. The van der Waals surface area contributed by atoms with E-state index in [4.69, 9.17) is 5.84 Å². The van der Waals surface area contributed by atoms with Gasteiger partial charge in [0.05, 0.1) is 0 Å². The summed E-state index contributed by atoms with van der Waals surface area (Å²) in [5, 5.41) is 3.37. The molecule has 19 heavy (non-hydrogen) atoms. The topological polar surface area (TPSA) is 75.9 Å². The molecule has 1 atom stereocenters. The lowest BCUT2D eigenvalue weighted by atomic mass is 10.1. The van der Waals surface area contributed by atoms with Crippen LogP contribution in [-0.4, -0.2) is 9.97 Å². The molecule has 0 saturated carbocycles. The average molecular weight is 257 g/mol. The molecular formula is C14H19N5. The van der Waals surface area contributed by atoms with Crippen LogP contribution in [0.2, 0.25) is 0 Å². The van der Waals surface area contributed by atoms with Crippen LogP contribution >= 0.6 is 0 Å². The molecule has 2 rings (SSSR count). The molecule has 0 aliphatic carbocycles. The standard InChI is InChI=1S/C14H19N5/c1-9-4-6-12(7-5-9)11(3)17-13-10(2)8-16-14(18-13)19-15/h4-8,11H,15H2,1-3H3,(H2,16,17,18,19). The van der Waals surface area contributed by atoms with Crippen molar-refractivity contribution in [1.82, 2.24) is 9.97 Å². The average Bonchev–Trinajstić information content (AvgIpc) is 2.42. The molecule has 0 aliphatic rings. The quantitative estimate of drug-likeness (QED) is 0.579. The highest BCUT2D eigenvalue weighted by Gasteiger charge is 2.09. The predicted molar refractivity (Wildman–Crippen MR) is 77.8 cm³/mol. The van der Waals surface area contributed by atoms with Crippen molar-refractivity contribution in [1.29, 1.82) is 0 Å². The Kier molecular flexibility index (Phi) is 3.97. The van der Waals surface area contributed by atoms with Gasteiger partial charge in [0.2, 0.25) is 5.95 Å². The number of anilines is 2. The van der Waals surface area contributed by atoms with Crippen molar-refractivity contribution in [2.24, 2.45) is 5.84 Å². The van der Waals surface area contributed by atoms with Gasteiger partial charge in [-0.15, -0.1) is 0 Å². The molecule has 0 fully saturated rings. The summed E-state index contributed by atoms with van der Waals surface area (Å²) in [6.07, 6.45) is 1.74. The minimum atomic E-state index is 0.167. The van der Waals surface area contributed by atoms with Gasteiger partial charge in [-0.25, -0.2) is 10.8 Å². The van der Waals surface area contributed by atoms with Crippen molar-refractivity contribution in [3.8, 4) is 0 Å². The van der Waals surface area contributed by atoms with E-state index in [0.29, 0.717) is 5.95 Å². The van der Waals surface area contributed by atoms with Gasteiger partial charge in [-0.3, -0.25) is 5.43 Å². The highest BCUT2D eigenvalue weighted by Crippen LogP contribution is 2.21. The second-order valence-electron chi connectivity index (χ2n) is 4.65. The van der Waals surface area contributed by atoms with Crippen molar-refractivity contribution in [2.75, 3.05) is 10.7 Å². The number of nitrogen functional groups attached to an aromatic ring is 1. The van der Waals surface area contributed by atoms with E-state index in [1.807, 2.05) is 6.92 Å². The Bertz CT molecular complexity index is 550. The molecule has 1 heterocycles. The zero-order chi connectivity index (χ0) is 13.8. The SMILES string of the molecule is Cc1ccc(C(C)Nc2nc(NN)ncc2C)cc1. The third-order valence-corrected chi connectivity index (χ3v) is 3.03. The second kappa shape index (κ2) is 5.67. The number of nitrogens with two attached hydrogens (primary N) is 1. The summed E-state index contributed by atoms with van der Waals surface area (Å²) in [4.78, 5) is 8.38. The van der Waals surface area contributed by atoms with Crippen LogP contribution in [0.1, 0.15) is 29.7 Å². The maximum absolute atomic E-state index is 5.32. The second-order valence-corrected chi connectivity index (χ2v) is 4.65. The van der Waals surface area contributed by atoms with Gasteiger partial charge in [0.1, 0.15) is 5.82 Å². The third-order valence-electron chi connectivity index (χ3n) is 3.03. The predicted octanol–water partition coefficient (Wildman–Crippen LogP) is 2.55. The monoisotopic (exact) mass is 257 g/mol. The Morgan fingerprint density at radius 1 is 1.16 bits per heavy atom. The molecular weight excluding hydrogens is 238 g/mol. The van der Waals surface area contributed by atoms with Gasteiger partial charge in [-0.1, -0.05) is 29.8 Å². The van der Waals surface area contributed by atoms with Crippen molar-refractivity contribution in [2.45, 2.75) is 26.8 Å². The zero-order valence-electron chi connectivity index (χ0n) is 11.4. The molecule has 5 nitrogen and oxygen atoms in total. The van der Waals surface area contributed by atoms with Crippen LogP contribution in [0.25, 0.3) is 0 Å². The minimum Gasteiger partial charge on any atom is -0.363 e. The maximum Gasteiger partial charge on any atom is 0.239 e. The number of aryl methyl sites for hydroxylation is 2. The Morgan fingerprint density at radius 3 is 2.47 bits per heavy atom. The highest BCUT2D eigenvalue weighted by atomic mass is 15.3. The van der Waals surface area contributed by atoms with Gasteiger partial charge in [0.25, 0.3) is 0 Å². The van der Waals surface area contributed by atoms with Crippen LogP contribution in [0.5, 0.6) is 0 Å². The van der Waals surface area contributed by atoms with Crippen LogP contribution in [0.3, 0.4) is 0 Å². The molecule has 0 saturated heterocycles. The molecule has 4 N–H and O–H groups in total. The number of hydrogen-bond acceptors (Lipinski definition) is 5. The Labute approximate surface area is 113 Å². The van der Waals surface area contributed by atoms with Crippen LogP contribution in [0.15, 0.2) is 30.5 Å². The molecule has 1 aromatic heterocycles. The fourth-order valence-corrected chi connectivity index (χ4v) is 1.80.